The molecule has 48 heavy (non-hydrogen) atoms. The van der Waals surface area contributed by atoms with Crippen molar-refractivity contribution in [3.63, 3.8) is 0 Å². The second-order valence-electron chi connectivity index (χ2n) is 15.9. The molecule has 264 valence electrons. The van der Waals surface area contributed by atoms with E-state index in [0.29, 0.717) is 19.4 Å². The lowest BCUT2D eigenvalue weighted by atomic mass is 9.85. The van der Waals surface area contributed by atoms with Gasteiger partial charge in [0.15, 0.2) is 0 Å². The van der Waals surface area contributed by atoms with Crippen LogP contribution >= 0.6 is 0 Å². The predicted molar refractivity (Wildman–Crippen MR) is 183 cm³/mol. The summed E-state index contributed by atoms with van der Waals surface area (Å²) in [6, 6.07) is 1.17. The lowest BCUT2D eigenvalue weighted by molar-refractivity contribution is -0.145. The molecule has 3 aliphatic rings. The Kier molecular flexibility index (Phi) is 11.3. The van der Waals surface area contributed by atoms with E-state index in [1.54, 1.807) is 27.8 Å². The van der Waals surface area contributed by atoms with Crippen LogP contribution in [0.4, 0.5) is 4.79 Å². The first kappa shape index (κ1) is 36.9. The van der Waals surface area contributed by atoms with E-state index in [4.69, 9.17) is 0 Å². The summed E-state index contributed by atoms with van der Waals surface area (Å²) in [6.07, 6.45) is 6.00. The first-order valence-corrected chi connectivity index (χ1v) is 17.2. The number of hydrogen-bond donors (Lipinski definition) is 4. The molecule has 5 amide bonds. The Hall–Kier alpha value is -3.96. The van der Waals surface area contributed by atoms with Crippen LogP contribution in [0.2, 0.25) is 0 Å². The molecular weight excluding hydrogens is 612 g/mol. The van der Waals surface area contributed by atoms with Gasteiger partial charge in [0.1, 0.15) is 12.1 Å². The maximum atomic E-state index is 14.4. The summed E-state index contributed by atoms with van der Waals surface area (Å²) in [5.74, 6) is -1.88. The number of aromatic nitrogens is 1. The number of piperidine rings is 1. The van der Waals surface area contributed by atoms with Crippen LogP contribution in [0.5, 0.6) is 0 Å². The molecule has 1 aliphatic heterocycles. The Balaban J connectivity index is 1.52. The van der Waals surface area contributed by atoms with E-state index in [0.717, 1.165) is 12.8 Å². The van der Waals surface area contributed by atoms with Crippen LogP contribution in [0.1, 0.15) is 74.1 Å². The van der Waals surface area contributed by atoms with Gasteiger partial charge in [0, 0.05) is 37.9 Å². The third kappa shape index (κ3) is 8.73. The Morgan fingerprint density at radius 3 is 2.33 bits per heavy atom. The monoisotopic (exact) mass is 666 g/mol. The lowest BCUT2D eigenvalue weighted by Crippen LogP contribution is -2.62. The minimum absolute atomic E-state index is 0.0831. The molecule has 1 unspecified atom stereocenters. The van der Waals surface area contributed by atoms with Crippen molar-refractivity contribution in [2.45, 2.75) is 105 Å². The largest absolute Gasteiger partial charge is 0.346 e. The van der Waals surface area contributed by atoms with Gasteiger partial charge in [-0.2, -0.15) is 0 Å². The molecule has 1 aromatic heterocycles. The van der Waals surface area contributed by atoms with Crippen molar-refractivity contribution >= 4 is 29.5 Å². The number of urea groups is 1. The summed E-state index contributed by atoms with van der Waals surface area (Å²) >= 11 is 0. The van der Waals surface area contributed by atoms with Crippen molar-refractivity contribution in [2.24, 2.45) is 34.5 Å². The number of amides is 5. The number of ketones is 1. The van der Waals surface area contributed by atoms with Gasteiger partial charge < -0.3 is 30.7 Å². The molecule has 0 aromatic carbocycles. The quantitative estimate of drug-likeness (QED) is 0.166. The van der Waals surface area contributed by atoms with Gasteiger partial charge in [0.2, 0.25) is 17.6 Å². The summed E-state index contributed by atoms with van der Waals surface area (Å²) < 4.78 is 1.55. The third-order valence-electron chi connectivity index (χ3n) is 10.1. The number of nitrogens with zero attached hydrogens (tertiary/aromatic N) is 2. The van der Waals surface area contributed by atoms with Gasteiger partial charge in [-0.1, -0.05) is 73.5 Å². The smallest absolute Gasteiger partial charge is 0.315 e. The Morgan fingerprint density at radius 1 is 1.06 bits per heavy atom. The molecule has 4 N–H and O–H groups in total. The summed E-state index contributed by atoms with van der Waals surface area (Å²) in [7, 11) is 0. The summed E-state index contributed by atoms with van der Waals surface area (Å²) in [5, 5.41) is 11.3. The zero-order valence-electron chi connectivity index (χ0n) is 29.5. The zero-order valence-corrected chi connectivity index (χ0v) is 29.5. The van der Waals surface area contributed by atoms with Crippen molar-refractivity contribution in [3.8, 4) is 0 Å². The SMILES string of the molecule is C=CCNC(=O)C(=O)C(CC1CC1)NC(=O)[C@@H]1[C@@H]2[C@H](CN1C(=O)[C@@H](NC(=O)N[C@@H](CC(C)C)Cn1ccccc1=O)C(C)(C)C)C2(C)C. The lowest BCUT2D eigenvalue weighted by Gasteiger charge is -2.38. The van der Waals surface area contributed by atoms with E-state index in [9.17, 15) is 28.8 Å². The first-order chi connectivity index (χ1) is 22.4. The van der Waals surface area contributed by atoms with Crippen molar-refractivity contribution < 1.29 is 24.0 Å². The van der Waals surface area contributed by atoms with Gasteiger partial charge in [0.05, 0.1) is 6.04 Å². The number of likely N-dealkylation sites (tertiary alicyclic amines) is 1. The second kappa shape index (κ2) is 14.7. The van der Waals surface area contributed by atoms with E-state index >= 15 is 0 Å². The molecule has 2 heterocycles. The molecule has 2 aliphatic carbocycles. The van der Waals surface area contributed by atoms with E-state index in [1.165, 1.54) is 12.1 Å². The molecule has 2 saturated carbocycles. The maximum Gasteiger partial charge on any atom is 0.315 e. The van der Waals surface area contributed by atoms with E-state index in [2.05, 4.69) is 41.7 Å². The Bertz CT molecular complexity index is 1460. The maximum absolute atomic E-state index is 14.4. The van der Waals surface area contributed by atoms with Gasteiger partial charge in [0.25, 0.3) is 11.5 Å². The fourth-order valence-corrected chi connectivity index (χ4v) is 7.17. The number of carbonyl (C=O) groups excluding carboxylic acids is 5. The number of carbonyl (C=O) groups is 5. The molecule has 1 aromatic rings. The minimum atomic E-state index is -0.995. The van der Waals surface area contributed by atoms with Crippen molar-refractivity contribution in [3.05, 3.63) is 47.4 Å². The molecule has 1 saturated heterocycles. The predicted octanol–water partition coefficient (Wildman–Crippen LogP) is 2.62. The minimum Gasteiger partial charge on any atom is -0.346 e. The van der Waals surface area contributed by atoms with Crippen molar-refractivity contribution in [2.75, 3.05) is 13.1 Å². The van der Waals surface area contributed by atoms with Crippen molar-refractivity contribution in [1.82, 2.24) is 30.7 Å². The highest BCUT2D eigenvalue weighted by Crippen LogP contribution is 2.65. The fraction of sp³-hybridized carbons (Fsp3) is 0.667. The highest BCUT2D eigenvalue weighted by atomic mass is 16.2. The molecule has 12 nitrogen and oxygen atoms in total. The summed E-state index contributed by atoms with van der Waals surface area (Å²) in [6.45, 7) is 18.1. The number of pyridine rings is 1. The third-order valence-corrected chi connectivity index (χ3v) is 10.1. The topological polar surface area (TPSA) is 159 Å². The van der Waals surface area contributed by atoms with Crippen LogP contribution in [0.15, 0.2) is 41.8 Å². The van der Waals surface area contributed by atoms with E-state index in [1.807, 2.05) is 34.6 Å². The molecule has 3 fully saturated rings. The average Bonchev–Trinajstić information content (AvgIpc) is 3.85. The van der Waals surface area contributed by atoms with Crippen LogP contribution in [0.3, 0.4) is 0 Å². The number of rotatable bonds is 15. The van der Waals surface area contributed by atoms with Crippen LogP contribution < -0.4 is 26.8 Å². The van der Waals surface area contributed by atoms with Crippen LogP contribution in [-0.2, 0) is 25.7 Å². The standard InChI is InChI=1S/C36H54N6O6/c1-9-15-37-32(46)29(44)25(18-22-13-14-22)39-31(45)28-27-24(36(27,7)8)20-42(28)33(47)30(35(4,5)6)40-34(48)38-23(17-21(2)3)19-41-16-11-10-12-26(41)43/h9-12,16,21-25,27-28,30H,1,13-15,17-20H2,2-8H3,(H,37,46)(H,39,45)(H2,38,40,48)/t23-,24-,25?,27-,28-,30+/m0/s1. The molecule has 0 bridgehead atoms. The van der Waals surface area contributed by atoms with E-state index in [-0.39, 0.29) is 59.7 Å². The molecule has 0 radical (unpaired) electrons. The number of Topliss-reactive ketones (excluding diaryl/α,β-unsaturated/α-hetero) is 1. The van der Waals surface area contributed by atoms with Gasteiger partial charge in [-0.15, -0.1) is 6.58 Å². The molecule has 12 heteroatoms. The number of hydrogen-bond acceptors (Lipinski definition) is 6. The summed E-state index contributed by atoms with van der Waals surface area (Å²) in [4.78, 5) is 81.6. The van der Waals surface area contributed by atoms with Crippen LogP contribution in [0.25, 0.3) is 0 Å². The molecular formula is C36H54N6O6. The Labute approximate surface area is 283 Å². The molecule has 0 spiro atoms. The first-order valence-electron chi connectivity index (χ1n) is 17.2. The molecule has 6 atom stereocenters. The zero-order chi connectivity index (χ0) is 35.6. The van der Waals surface area contributed by atoms with Gasteiger partial charge >= 0.3 is 6.03 Å². The van der Waals surface area contributed by atoms with Gasteiger partial charge in [-0.05, 0) is 53.4 Å². The van der Waals surface area contributed by atoms with Crippen LogP contribution in [0, 0.1) is 34.5 Å². The second-order valence-corrected chi connectivity index (χ2v) is 15.9. The normalized spacial score (nSPS) is 22.9. The van der Waals surface area contributed by atoms with Crippen LogP contribution in [-0.4, -0.2) is 76.3 Å². The van der Waals surface area contributed by atoms with E-state index < -0.39 is 47.2 Å². The Morgan fingerprint density at radius 2 is 1.75 bits per heavy atom. The highest BCUT2D eigenvalue weighted by Gasteiger charge is 2.70. The van der Waals surface area contributed by atoms with Gasteiger partial charge in [-0.3, -0.25) is 24.0 Å². The fourth-order valence-electron chi connectivity index (χ4n) is 7.17. The highest BCUT2D eigenvalue weighted by molar-refractivity contribution is 6.38. The van der Waals surface area contributed by atoms with Crippen molar-refractivity contribution in [1.29, 1.82) is 0 Å². The van der Waals surface area contributed by atoms with Gasteiger partial charge in [-0.25, -0.2) is 4.79 Å². The molecule has 4 rings (SSSR count). The average molecular weight is 667 g/mol. The summed E-state index contributed by atoms with van der Waals surface area (Å²) in [5.41, 5.74) is -1.07. The number of nitrogens with one attached hydrogen (secondary N) is 4. The number of fused-ring (bicyclic) bond motifs is 1.